The van der Waals surface area contributed by atoms with Gasteiger partial charge in [-0.3, -0.25) is 19.8 Å². The predicted octanol–water partition coefficient (Wildman–Crippen LogP) is 4.38. The molecule has 1 fully saturated rings. The quantitative estimate of drug-likeness (QED) is 0.540. The molecule has 32 heavy (non-hydrogen) atoms. The Kier molecular flexibility index (Phi) is 6.73. The fourth-order valence-corrected chi connectivity index (χ4v) is 3.87. The van der Waals surface area contributed by atoms with Crippen LogP contribution in [0.3, 0.4) is 0 Å². The zero-order valence-corrected chi connectivity index (χ0v) is 18.1. The number of hydrogen-bond donors (Lipinski definition) is 1. The SMILES string of the molecule is Cc1cccc(C)c1NC(=O)C(C)N1CCN(c2ccc(C(F)(F)F)cc2[N+](=O)[O-])CC1. The van der Waals surface area contributed by atoms with E-state index < -0.39 is 28.4 Å². The normalized spacial score (nSPS) is 16.0. The number of rotatable bonds is 5. The van der Waals surface area contributed by atoms with Crippen LogP contribution in [0.5, 0.6) is 0 Å². The molecule has 1 atom stereocenters. The fourth-order valence-electron chi connectivity index (χ4n) is 3.87. The van der Waals surface area contributed by atoms with Gasteiger partial charge in [0.2, 0.25) is 5.91 Å². The van der Waals surface area contributed by atoms with Crippen LogP contribution in [0, 0.1) is 24.0 Å². The minimum Gasteiger partial charge on any atom is -0.363 e. The molecule has 0 spiro atoms. The maximum Gasteiger partial charge on any atom is 0.416 e. The summed E-state index contributed by atoms with van der Waals surface area (Å²) in [5.74, 6) is -0.156. The van der Waals surface area contributed by atoms with Gasteiger partial charge in [-0.05, 0) is 44.0 Å². The van der Waals surface area contributed by atoms with Crippen LogP contribution in [0.15, 0.2) is 36.4 Å². The van der Waals surface area contributed by atoms with Gasteiger partial charge in [-0.25, -0.2) is 0 Å². The first-order chi connectivity index (χ1) is 15.0. The highest BCUT2D eigenvalue weighted by atomic mass is 19.4. The number of anilines is 2. The molecule has 1 amide bonds. The minimum absolute atomic E-state index is 0.148. The number of piperazine rings is 1. The van der Waals surface area contributed by atoms with Crippen molar-refractivity contribution >= 4 is 23.0 Å². The predicted molar refractivity (Wildman–Crippen MR) is 116 cm³/mol. The van der Waals surface area contributed by atoms with Crippen LogP contribution < -0.4 is 10.2 Å². The summed E-state index contributed by atoms with van der Waals surface area (Å²) in [7, 11) is 0. The maximum atomic E-state index is 12.9. The molecule has 1 N–H and O–H groups in total. The Morgan fingerprint density at radius 1 is 1.09 bits per heavy atom. The number of para-hydroxylation sites is 1. The summed E-state index contributed by atoms with van der Waals surface area (Å²) < 4.78 is 38.8. The number of halogens is 3. The molecule has 2 aromatic rings. The van der Waals surface area contributed by atoms with Crippen molar-refractivity contribution in [2.24, 2.45) is 0 Å². The largest absolute Gasteiger partial charge is 0.416 e. The number of aryl methyl sites for hydroxylation is 2. The molecule has 0 aromatic heterocycles. The van der Waals surface area contributed by atoms with Crippen molar-refractivity contribution in [3.05, 3.63) is 63.2 Å². The third kappa shape index (κ3) is 5.01. The highest BCUT2D eigenvalue weighted by Crippen LogP contribution is 2.36. The molecule has 7 nitrogen and oxygen atoms in total. The van der Waals surface area contributed by atoms with Crippen molar-refractivity contribution in [3.63, 3.8) is 0 Å². The number of nitrogens with one attached hydrogen (secondary N) is 1. The van der Waals surface area contributed by atoms with Gasteiger partial charge in [0.1, 0.15) is 5.69 Å². The molecular formula is C22H25F3N4O3. The van der Waals surface area contributed by atoms with Gasteiger partial charge in [0.15, 0.2) is 0 Å². The topological polar surface area (TPSA) is 78.7 Å². The summed E-state index contributed by atoms with van der Waals surface area (Å²) in [6.07, 6.45) is -4.65. The number of nitrogens with zero attached hydrogens (tertiary/aromatic N) is 3. The second kappa shape index (κ2) is 9.15. The molecule has 172 valence electrons. The number of nitro benzene ring substituents is 1. The van der Waals surface area contributed by atoms with E-state index in [9.17, 15) is 28.1 Å². The standard InChI is InChI=1S/C22H25F3N4O3/c1-14-5-4-6-15(2)20(14)26-21(30)16(3)27-9-11-28(12-10-27)18-8-7-17(22(23,24)25)13-19(18)29(31)32/h4-8,13,16H,9-12H2,1-3H3,(H,26,30). The Bertz CT molecular complexity index is 998. The van der Waals surface area contributed by atoms with E-state index in [1.54, 1.807) is 11.8 Å². The molecule has 1 aliphatic rings. The van der Waals surface area contributed by atoms with E-state index in [0.29, 0.717) is 32.2 Å². The monoisotopic (exact) mass is 450 g/mol. The summed E-state index contributed by atoms with van der Waals surface area (Å²) in [4.78, 5) is 27.0. The van der Waals surface area contributed by atoms with Crippen molar-refractivity contribution in [1.82, 2.24) is 4.90 Å². The molecule has 1 aliphatic heterocycles. The second-order valence-corrected chi connectivity index (χ2v) is 7.91. The van der Waals surface area contributed by atoms with Crippen LogP contribution in [-0.4, -0.2) is 48.0 Å². The number of nitro groups is 1. The van der Waals surface area contributed by atoms with Gasteiger partial charge < -0.3 is 10.2 Å². The van der Waals surface area contributed by atoms with Crippen molar-refractivity contribution in [2.75, 3.05) is 36.4 Å². The zero-order valence-electron chi connectivity index (χ0n) is 18.1. The van der Waals surface area contributed by atoms with E-state index in [1.165, 1.54) is 0 Å². The lowest BCUT2D eigenvalue weighted by Gasteiger charge is -2.38. The fraction of sp³-hybridized carbons (Fsp3) is 0.409. The van der Waals surface area contributed by atoms with Gasteiger partial charge in [-0.15, -0.1) is 0 Å². The smallest absolute Gasteiger partial charge is 0.363 e. The molecule has 1 unspecified atom stereocenters. The first-order valence-electron chi connectivity index (χ1n) is 10.2. The first kappa shape index (κ1) is 23.5. The third-order valence-corrected chi connectivity index (χ3v) is 5.81. The van der Waals surface area contributed by atoms with Crippen LogP contribution >= 0.6 is 0 Å². The molecule has 1 saturated heterocycles. The summed E-state index contributed by atoms with van der Waals surface area (Å²) in [6.45, 7) is 7.23. The Morgan fingerprint density at radius 3 is 2.22 bits per heavy atom. The minimum atomic E-state index is -4.65. The first-order valence-corrected chi connectivity index (χ1v) is 10.2. The molecule has 0 radical (unpaired) electrons. The molecule has 0 bridgehead atoms. The average Bonchev–Trinajstić information content (AvgIpc) is 2.74. The second-order valence-electron chi connectivity index (χ2n) is 7.91. The maximum absolute atomic E-state index is 12.9. The van der Waals surface area contributed by atoms with Crippen LogP contribution in [0.1, 0.15) is 23.6 Å². The Balaban J connectivity index is 1.68. The van der Waals surface area contributed by atoms with Gasteiger partial charge >= 0.3 is 6.18 Å². The molecule has 1 heterocycles. The van der Waals surface area contributed by atoms with E-state index in [0.717, 1.165) is 28.9 Å². The molecular weight excluding hydrogens is 425 g/mol. The number of amides is 1. The van der Waals surface area contributed by atoms with Gasteiger partial charge in [-0.2, -0.15) is 13.2 Å². The highest BCUT2D eigenvalue weighted by Gasteiger charge is 2.35. The Morgan fingerprint density at radius 2 is 1.69 bits per heavy atom. The summed E-state index contributed by atoms with van der Waals surface area (Å²) in [5.41, 5.74) is 1.23. The Hall–Kier alpha value is -3.14. The van der Waals surface area contributed by atoms with Gasteiger partial charge in [-0.1, -0.05) is 18.2 Å². The molecule has 2 aromatic carbocycles. The van der Waals surface area contributed by atoms with Crippen LogP contribution in [0.4, 0.5) is 30.2 Å². The van der Waals surface area contributed by atoms with E-state index in [2.05, 4.69) is 5.32 Å². The number of alkyl halides is 3. The summed E-state index contributed by atoms with van der Waals surface area (Å²) in [6, 6.07) is 7.90. The molecule has 0 saturated carbocycles. The van der Waals surface area contributed by atoms with E-state index in [-0.39, 0.29) is 11.6 Å². The van der Waals surface area contributed by atoms with Gasteiger partial charge in [0, 0.05) is 37.9 Å². The van der Waals surface area contributed by atoms with Crippen molar-refractivity contribution in [1.29, 1.82) is 0 Å². The number of carbonyl (C=O) groups excluding carboxylic acids is 1. The third-order valence-electron chi connectivity index (χ3n) is 5.81. The number of hydrogen-bond acceptors (Lipinski definition) is 5. The van der Waals surface area contributed by atoms with Crippen molar-refractivity contribution in [3.8, 4) is 0 Å². The van der Waals surface area contributed by atoms with Crippen molar-refractivity contribution < 1.29 is 22.9 Å². The van der Waals surface area contributed by atoms with E-state index in [4.69, 9.17) is 0 Å². The highest BCUT2D eigenvalue weighted by molar-refractivity contribution is 5.95. The van der Waals surface area contributed by atoms with E-state index in [1.807, 2.05) is 36.9 Å². The number of carbonyl (C=O) groups is 1. The van der Waals surface area contributed by atoms with E-state index >= 15 is 0 Å². The lowest BCUT2D eigenvalue weighted by Crippen LogP contribution is -2.53. The zero-order chi connectivity index (χ0) is 23.6. The lowest BCUT2D eigenvalue weighted by molar-refractivity contribution is -0.384. The molecule has 10 heteroatoms. The van der Waals surface area contributed by atoms with Gasteiger partial charge in [0.25, 0.3) is 5.69 Å². The molecule has 0 aliphatic carbocycles. The van der Waals surface area contributed by atoms with Crippen LogP contribution in [-0.2, 0) is 11.0 Å². The van der Waals surface area contributed by atoms with Gasteiger partial charge in [0.05, 0.1) is 16.5 Å². The summed E-state index contributed by atoms with van der Waals surface area (Å²) in [5, 5.41) is 14.4. The lowest BCUT2D eigenvalue weighted by atomic mass is 10.1. The molecule has 3 rings (SSSR count). The van der Waals surface area contributed by atoms with Crippen molar-refractivity contribution in [2.45, 2.75) is 33.0 Å². The van der Waals surface area contributed by atoms with Crippen LogP contribution in [0.2, 0.25) is 0 Å². The van der Waals surface area contributed by atoms with Crippen LogP contribution in [0.25, 0.3) is 0 Å². The Labute approximate surface area is 184 Å². The summed E-state index contributed by atoms with van der Waals surface area (Å²) >= 11 is 0. The average molecular weight is 450 g/mol. The number of benzene rings is 2.